The minimum Gasteiger partial charge on any atom is -0.496 e. The maximum atomic E-state index is 12.3. The fraction of sp³-hybridized carbons (Fsp3) is 0.200. The van der Waals surface area contributed by atoms with E-state index in [2.05, 4.69) is 17.2 Å². The van der Waals surface area contributed by atoms with Crippen molar-refractivity contribution in [3.05, 3.63) is 77.9 Å². The van der Waals surface area contributed by atoms with Gasteiger partial charge in [-0.25, -0.2) is 0 Å². The number of benzene rings is 2. The number of carbonyl (C=O) groups excluding carboxylic acids is 2. The normalized spacial score (nSPS) is 9.96. The van der Waals surface area contributed by atoms with Crippen LogP contribution in [0.2, 0.25) is 0 Å². The van der Waals surface area contributed by atoms with E-state index in [-0.39, 0.29) is 11.8 Å². The van der Waals surface area contributed by atoms with Crippen LogP contribution in [0.1, 0.15) is 26.3 Å². The van der Waals surface area contributed by atoms with Crippen molar-refractivity contribution < 1.29 is 14.3 Å². The van der Waals surface area contributed by atoms with E-state index in [1.165, 1.54) is 0 Å². The predicted octanol–water partition coefficient (Wildman–Crippen LogP) is 2.58. The number of carbonyl (C=O) groups is 2. The van der Waals surface area contributed by atoms with Crippen LogP contribution in [0.5, 0.6) is 5.75 Å². The molecule has 2 N–H and O–H groups in total. The Balaban J connectivity index is 1.94. The summed E-state index contributed by atoms with van der Waals surface area (Å²) in [5, 5.41) is 5.56. The summed E-state index contributed by atoms with van der Waals surface area (Å²) in [5.41, 5.74) is 1.92. The summed E-state index contributed by atoms with van der Waals surface area (Å²) in [5.74, 6) is 0.356. The lowest BCUT2D eigenvalue weighted by Gasteiger charge is -2.10. The second-order valence-electron chi connectivity index (χ2n) is 5.40. The van der Waals surface area contributed by atoms with Gasteiger partial charge in [0.25, 0.3) is 11.8 Å². The number of amides is 2. The summed E-state index contributed by atoms with van der Waals surface area (Å²) < 4.78 is 5.30. The zero-order valence-electron chi connectivity index (χ0n) is 14.2. The average molecular weight is 338 g/mol. The van der Waals surface area contributed by atoms with E-state index in [4.69, 9.17) is 4.74 Å². The Morgan fingerprint density at radius 3 is 2.40 bits per heavy atom. The molecule has 2 amide bonds. The van der Waals surface area contributed by atoms with Gasteiger partial charge in [0, 0.05) is 24.2 Å². The number of hydrogen-bond donors (Lipinski definition) is 2. The number of rotatable bonds is 8. The van der Waals surface area contributed by atoms with Crippen LogP contribution < -0.4 is 15.4 Å². The van der Waals surface area contributed by atoms with Crippen molar-refractivity contribution in [2.45, 2.75) is 6.42 Å². The summed E-state index contributed by atoms with van der Waals surface area (Å²) in [4.78, 5) is 24.2. The fourth-order valence-corrected chi connectivity index (χ4v) is 2.39. The highest BCUT2D eigenvalue weighted by atomic mass is 16.5. The molecule has 2 aromatic carbocycles. The molecule has 5 nitrogen and oxygen atoms in total. The van der Waals surface area contributed by atoms with Gasteiger partial charge in [-0.1, -0.05) is 30.3 Å². The zero-order chi connectivity index (χ0) is 18.1. The smallest absolute Gasteiger partial charge is 0.251 e. The third-order valence-corrected chi connectivity index (χ3v) is 3.67. The van der Waals surface area contributed by atoms with Gasteiger partial charge in [-0.15, -0.1) is 6.58 Å². The van der Waals surface area contributed by atoms with Gasteiger partial charge in [-0.05, 0) is 36.2 Å². The van der Waals surface area contributed by atoms with Crippen molar-refractivity contribution in [2.24, 2.45) is 0 Å². The van der Waals surface area contributed by atoms with E-state index in [1.807, 2.05) is 24.3 Å². The molecule has 0 aliphatic heterocycles. The van der Waals surface area contributed by atoms with Crippen molar-refractivity contribution >= 4 is 11.8 Å². The van der Waals surface area contributed by atoms with E-state index in [0.717, 1.165) is 11.3 Å². The molecule has 0 unspecified atom stereocenters. The van der Waals surface area contributed by atoms with Crippen LogP contribution in [-0.2, 0) is 6.42 Å². The van der Waals surface area contributed by atoms with E-state index < -0.39 is 0 Å². The van der Waals surface area contributed by atoms with E-state index in [9.17, 15) is 9.59 Å². The van der Waals surface area contributed by atoms with E-state index in [0.29, 0.717) is 30.6 Å². The van der Waals surface area contributed by atoms with Crippen molar-refractivity contribution in [3.63, 3.8) is 0 Å². The van der Waals surface area contributed by atoms with Gasteiger partial charge in [0.15, 0.2) is 0 Å². The maximum absolute atomic E-state index is 12.3. The highest BCUT2D eigenvalue weighted by molar-refractivity contribution is 5.99. The first-order valence-corrected chi connectivity index (χ1v) is 8.05. The highest BCUT2D eigenvalue weighted by Gasteiger charge is 2.10. The Labute approximate surface area is 147 Å². The van der Waals surface area contributed by atoms with Crippen LogP contribution in [0.25, 0.3) is 0 Å². The minimum absolute atomic E-state index is 0.215. The molecule has 0 heterocycles. The first kappa shape index (κ1) is 18.3. The van der Waals surface area contributed by atoms with Crippen LogP contribution in [0, 0.1) is 0 Å². The first-order chi connectivity index (χ1) is 12.2. The molecule has 0 atom stereocenters. The Hall–Kier alpha value is -3.08. The van der Waals surface area contributed by atoms with E-state index >= 15 is 0 Å². The minimum atomic E-state index is -0.233. The Morgan fingerprint density at radius 2 is 1.72 bits per heavy atom. The number of para-hydroxylation sites is 1. The van der Waals surface area contributed by atoms with Crippen LogP contribution in [0.4, 0.5) is 0 Å². The predicted molar refractivity (Wildman–Crippen MR) is 98.0 cm³/mol. The molecule has 0 aliphatic carbocycles. The lowest BCUT2D eigenvalue weighted by Crippen LogP contribution is -2.27. The monoisotopic (exact) mass is 338 g/mol. The molecule has 0 spiro atoms. The van der Waals surface area contributed by atoms with Gasteiger partial charge in [0.05, 0.1) is 7.11 Å². The molecule has 25 heavy (non-hydrogen) atoms. The van der Waals surface area contributed by atoms with Crippen LogP contribution in [-0.4, -0.2) is 32.0 Å². The van der Waals surface area contributed by atoms with Crippen molar-refractivity contribution in [2.75, 3.05) is 20.2 Å². The molecular formula is C20H22N2O3. The molecule has 2 rings (SSSR count). The standard InChI is InChI=1S/C20H22N2O3/c1-3-12-21-19(23)16-8-6-9-17(14-16)20(24)22-13-11-15-7-4-5-10-18(15)25-2/h3-10,14H,1,11-13H2,2H3,(H,21,23)(H,22,24). The van der Waals surface area contributed by atoms with Crippen molar-refractivity contribution in [1.29, 1.82) is 0 Å². The molecule has 0 radical (unpaired) electrons. The summed E-state index contributed by atoms with van der Waals surface area (Å²) >= 11 is 0. The Morgan fingerprint density at radius 1 is 1.04 bits per heavy atom. The molecule has 130 valence electrons. The second-order valence-corrected chi connectivity index (χ2v) is 5.40. The third-order valence-electron chi connectivity index (χ3n) is 3.67. The van der Waals surface area contributed by atoms with Gasteiger partial charge < -0.3 is 15.4 Å². The van der Waals surface area contributed by atoms with Crippen molar-refractivity contribution in [1.82, 2.24) is 10.6 Å². The topological polar surface area (TPSA) is 67.4 Å². The van der Waals surface area contributed by atoms with Crippen LogP contribution in [0.15, 0.2) is 61.2 Å². The van der Waals surface area contributed by atoms with Gasteiger partial charge >= 0.3 is 0 Å². The molecular weight excluding hydrogens is 316 g/mol. The van der Waals surface area contributed by atoms with E-state index in [1.54, 1.807) is 37.5 Å². The maximum Gasteiger partial charge on any atom is 0.251 e. The second kappa shape index (κ2) is 9.27. The quantitative estimate of drug-likeness (QED) is 0.727. The van der Waals surface area contributed by atoms with Gasteiger partial charge in [0.2, 0.25) is 0 Å². The molecule has 0 aromatic heterocycles. The van der Waals surface area contributed by atoms with Crippen LogP contribution >= 0.6 is 0 Å². The summed E-state index contributed by atoms with van der Waals surface area (Å²) in [6.45, 7) is 4.42. The lowest BCUT2D eigenvalue weighted by molar-refractivity contribution is 0.0954. The summed E-state index contributed by atoms with van der Waals surface area (Å²) in [7, 11) is 1.63. The average Bonchev–Trinajstić information content (AvgIpc) is 2.66. The molecule has 0 bridgehead atoms. The third kappa shape index (κ3) is 5.21. The lowest BCUT2D eigenvalue weighted by atomic mass is 10.1. The molecule has 5 heteroatoms. The van der Waals surface area contributed by atoms with Crippen LogP contribution in [0.3, 0.4) is 0 Å². The number of methoxy groups -OCH3 is 1. The molecule has 0 saturated carbocycles. The molecule has 2 aromatic rings. The number of hydrogen-bond acceptors (Lipinski definition) is 3. The number of nitrogens with one attached hydrogen (secondary N) is 2. The SMILES string of the molecule is C=CCNC(=O)c1cccc(C(=O)NCCc2ccccc2OC)c1. The molecule has 0 saturated heterocycles. The van der Waals surface area contributed by atoms with Gasteiger partial charge in [0.1, 0.15) is 5.75 Å². The molecule has 0 fully saturated rings. The first-order valence-electron chi connectivity index (χ1n) is 8.05. The number of ether oxygens (including phenoxy) is 1. The zero-order valence-corrected chi connectivity index (χ0v) is 14.2. The van der Waals surface area contributed by atoms with Gasteiger partial charge in [-0.3, -0.25) is 9.59 Å². The highest BCUT2D eigenvalue weighted by Crippen LogP contribution is 2.17. The fourth-order valence-electron chi connectivity index (χ4n) is 2.39. The van der Waals surface area contributed by atoms with Crippen molar-refractivity contribution in [3.8, 4) is 5.75 Å². The summed E-state index contributed by atoms with van der Waals surface area (Å²) in [6, 6.07) is 14.3. The molecule has 0 aliphatic rings. The largest absolute Gasteiger partial charge is 0.496 e. The van der Waals surface area contributed by atoms with Gasteiger partial charge in [-0.2, -0.15) is 0 Å². The summed E-state index contributed by atoms with van der Waals surface area (Å²) in [6.07, 6.45) is 2.27. The Kier molecular flexibility index (Phi) is 6.77. The Bertz CT molecular complexity index is 756.